The van der Waals surface area contributed by atoms with E-state index in [2.05, 4.69) is 10.3 Å². The van der Waals surface area contributed by atoms with Crippen molar-refractivity contribution in [1.29, 1.82) is 0 Å². The van der Waals surface area contributed by atoms with Gasteiger partial charge in [-0.15, -0.1) is 11.8 Å². The van der Waals surface area contributed by atoms with E-state index in [1.807, 2.05) is 79.7 Å². The van der Waals surface area contributed by atoms with Gasteiger partial charge in [0.05, 0.1) is 22.5 Å². The van der Waals surface area contributed by atoms with Gasteiger partial charge in [0, 0.05) is 32.3 Å². The maximum atomic E-state index is 14.1. The molecule has 246 valence electrons. The fourth-order valence-corrected chi connectivity index (χ4v) is 11.9. The molecule has 3 heterocycles. The van der Waals surface area contributed by atoms with Crippen LogP contribution in [0, 0.1) is 36.5 Å². The number of nitrogens with zero attached hydrogens (tertiary/aromatic N) is 1. The number of halogens is 1. The Balaban J connectivity index is 1.04. The van der Waals surface area contributed by atoms with Gasteiger partial charge < -0.3 is 15.0 Å². The number of aromatic amines is 1. The van der Waals surface area contributed by atoms with E-state index < -0.39 is 11.8 Å². The number of aryl methyl sites for hydroxylation is 1. The zero-order chi connectivity index (χ0) is 33.6. The highest BCUT2D eigenvalue weighted by Crippen LogP contribution is 2.69. The van der Waals surface area contributed by atoms with Gasteiger partial charge in [0.2, 0.25) is 11.8 Å². The molecule has 3 amide bonds. The molecule has 0 spiro atoms. The molecule has 6 unspecified atom stereocenters. The molecule has 2 bridgehead atoms. The van der Waals surface area contributed by atoms with Crippen molar-refractivity contribution in [1.82, 2.24) is 4.98 Å². The van der Waals surface area contributed by atoms with Crippen molar-refractivity contribution < 1.29 is 19.1 Å². The van der Waals surface area contributed by atoms with Crippen molar-refractivity contribution >= 4 is 74.6 Å². The number of rotatable bonds is 6. The molecule has 7 atom stereocenters. The van der Waals surface area contributed by atoms with Crippen LogP contribution in [0.4, 0.5) is 11.4 Å². The minimum Gasteiger partial charge on any atom is -0.483 e. The highest BCUT2D eigenvalue weighted by molar-refractivity contribution is 8.00. The van der Waals surface area contributed by atoms with E-state index in [-0.39, 0.29) is 58.1 Å². The number of hydrogen-bond acceptors (Lipinski definition) is 7. The summed E-state index contributed by atoms with van der Waals surface area (Å²) in [6, 6.07) is 26.6. The summed E-state index contributed by atoms with van der Waals surface area (Å²) in [5.74, 6) is -1.36. The number of amides is 3. The monoisotopic (exact) mass is 707 g/mol. The molecule has 2 aliphatic heterocycles. The number of anilines is 2. The second-order valence-corrected chi connectivity index (χ2v) is 16.0. The fourth-order valence-electron chi connectivity index (χ4n) is 8.81. The van der Waals surface area contributed by atoms with Crippen molar-refractivity contribution in [3.63, 3.8) is 0 Å². The first-order valence-electron chi connectivity index (χ1n) is 16.3. The summed E-state index contributed by atoms with van der Waals surface area (Å²) in [6.07, 6.45) is 0.761. The van der Waals surface area contributed by atoms with E-state index in [0.717, 1.165) is 49.6 Å². The Morgan fingerprint density at radius 2 is 1.69 bits per heavy atom. The molecule has 1 aromatic heterocycles. The van der Waals surface area contributed by atoms with Crippen molar-refractivity contribution in [2.24, 2.45) is 29.6 Å². The summed E-state index contributed by atoms with van der Waals surface area (Å²) in [7, 11) is 0. The van der Waals surface area contributed by atoms with E-state index in [1.54, 1.807) is 23.9 Å². The number of fused-ring (bicyclic) bond motifs is 10. The number of hydrogen-bond donors (Lipinski definition) is 2. The van der Waals surface area contributed by atoms with Crippen molar-refractivity contribution in [3.8, 4) is 5.75 Å². The third-order valence-electron chi connectivity index (χ3n) is 10.7. The van der Waals surface area contributed by atoms with Gasteiger partial charge in [-0.25, -0.2) is 0 Å². The Morgan fingerprint density at radius 3 is 2.49 bits per heavy atom. The summed E-state index contributed by atoms with van der Waals surface area (Å²) >= 11 is 9.42. The summed E-state index contributed by atoms with van der Waals surface area (Å²) in [6.45, 7) is 1.74. The smallest absolute Gasteiger partial charge is 0.305 e. The minimum atomic E-state index is -0.434. The van der Waals surface area contributed by atoms with Crippen molar-refractivity contribution in [3.05, 3.63) is 116 Å². The number of ether oxygens (including phenoxy) is 1. The number of H-pyrrole nitrogens is 1. The number of imide groups is 1. The normalized spacial score (nSPS) is 26.5. The molecule has 49 heavy (non-hydrogen) atoms. The number of benzene rings is 4. The van der Waals surface area contributed by atoms with Crippen LogP contribution in [0.3, 0.4) is 0 Å². The Kier molecular flexibility index (Phi) is 7.26. The molecular weight excluding hydrogens is 678 g/mol. The minimum absolute atomic E-state index is 0.00625. The predicted octanol–water partition coefficient (Wildman–Crippen LogP) is 7.25. The molecule has 4 aromatic carbocycles. The third-order valence-corrected chi connectivity index (χ3v) is 13.5. The first-order valence-corrected chi connectivity index (χ1v) is 18.4. The second-order valence-electron chi connectivity index (χ2n) is 13.4. The first-order chi connectivity index (χ1) is 23.7. The lowest BCUT2D eigenvalue weighted by Gasteiger charge is -2.43. The van der Waals surface area contributed by atoms with Gasteiger partial charge in [0.1, 0.15) is 5.75 Å². The van der Waals surface area contributed by atoms with Gasteiger partial charge in [-0.3, -0.25) is 24.1 Å². The maximum Gasteiger partial charge on any atom is 0.305 e. The number of carbonyl (C=O) groups is 3. The van der Waals surface area contributed by atoms with Gasteiger partial charge in [0.15, 0.2) is 6.61 Å². The number of thiazole rings is 1. The molecule has 5 aromatic rings. The molecule has 0 radical (unpaired) electrons. The van der Waals surface area contributed by atoms with E-state index in [4.69, 9.17) is 16.3 Å². The van der Waals surface area contributed by atoms with Crippen LogP contribution in [0.2, 0.25) is 5.02 Å². The molecule has 1 saturated heterocycles. The van der Waals surface area contributed by atoms with Gasteiger partial charge >= 0.3 is 4.87 Å². The zero-order valence-electron chi connectivity index (χ0n) is 26.2. The largest absolute Gasteiger partial charge is 0.483 e. The average Bonchev–Trinajstić information content (AvgIpc) is 3.83. The first kappa shape index (κ1) is 30.7. The maximum absolute atomic E-state index is 14.1. The lowest BCUT2D eigenvalue weighted by molar-refractivity contribution is -0.123. The average molecular weight is 708 g/mol. The zero-order valence-corrected chi connectivity index (χ0v) is 28.6. The quantitative estimate of drug-likeness (QED) is 0.180. The van der Waals surface area contributed by atoms with E-state index in [1.165, 1.54) is 4.90 Å². The molecular formula is C38H30ClN3O5S2. The standard InChI is InChI=1S/C38H30ClN3O5S2/c1-18-6-11-23(12-7-18)42-36(44)31-25-16-26(32(31)37(42)45)33-30(25)29(34-35(48-33)41-38(46)49-34)24-15-21(39)9-13-27(24)47-17-28(43)40-22-10-8-19-4-2-3-5-20(19)14-22/h2-15,25-26,29-33H,16-17H2,1H3,(H,40,43)(H,41,46)/t25?,26?,29-,30?,31?,32?,33?/m1/s1. The van der Waals surface area contributed by atoms with Gasteiger partial charge in [-0.1, -0.05) is 71.0 Å². The predicted molar refractivity (Wildman–Crippen MR) is 192 cm³/mol. The van der Waals surface area contributed by atoms with E-state index in [0.29, 0.717) is 22.1 Å². The highest BCUT2D eigenvalue weighted by Gasteiger charge is 2.69. The van der Waals surface area contributed by atoms with Crippen LogP contribution >= 0.6 is 34.7 Å². The lowest BCUT2D eigenvalue weighted by atomic mass is 9.68. The molecule has 2 aliphatic carbocycles. The van der Waals surface area contributed by atoms with Gasteiger partial charge in [-0.2, -0.15) is 0 Å². The van der Waals surface area contributed by atoms with Crippen molar-refractivity contribution in [2.75, 3.05) is 16.8 Å². The molecule has 3 fully saturated rings. The summed E-state index contributed by atoms with van der Waals surface area (Å²) < 4.78 is 6.24. The van der Waals surface area contributed by atoms with Gasteiger partial charge in [0.25, 0.3) is 5.91 Å². The third kappa shape index (κ3) is 4.94. The van der Waals surface area contributed by atoms with Crippen LogP contribution < -0.4 is 19.8 Å². The molecule has 2 saturated carbocycles. The van der Waals surface area contributed by atoms with E-state index in [9.17, 15) is 19.2 Å². The molecule has 2 N–H and O–H groups in total. The number of carbonyl (C=O) groups excluding carboxylic acids is 3. The van der Waals surface area contributed by atoms with Crippen molar-refractivity contribution in [2.45, 2.75) is 29.5 Å². The number of thioether (sulfide) groups is 1. The Hall–Kier alpha value is -4.38. The van der Waals surface area contributed by atoms with Crippen LogP contribution in [0.1, 0.15) is 28.3 Å². The van der Waals surface area contributed by atoms with Gasteiger partial charge in [-0.05, 0) is 84.3 Å². The Bertz CT molecular complexity index is 2250. The number of nitrogens with one attached hydrogen (secondary N) is 2. The molecule has 4 aliphatic rings. The SMILES string of the molecule is Cc1ccc(N2C(=O)C3C4CC(C3C2=O)C2C4Sc3[nH]c(=O)sc3[C@@H]2c2cc(Cl)ccc2OCC(=O)Nc2ccc3ccccc3c2)cc1. The summed E-state index contributed by atoms with van der Waals surface area (Å²) in [4.78, 5) is 59.2. The van der Waals surface area contributed by atoms with Crippen LogP contribution in [0.15, 0.2) is 94.7 Å². The Morgan fingerprint density at radius 1 is 0.939 bits per heavy atom. The van der Waals surface area contributed by atoms with E-state index >= 15 is 0 Å². The number of aromatic nitrogens is 1. The highest BCUT2D eigenvalue weighted by atomic mass is 35.5. The fraction of sp³-hybridized carbons (Fsp3) is 0.263. The Labute approximate surface area is 294 Å². The summed E-state index contributed by atoms with van der Waals surface area (Å²) in [5, 5.41) is 6.33. The lowest BCUT2D eigenvalue weighted by Crippen LogP contribution is -2.42. The van der Waals surface area contributed by atoms with Crippen LogP contribution in [0.25, 0.3) is 10.8 Å². The van der Waals surface area contributed by atoms with Crippen LogP contribution in [-0.2, 0) is 14.4 Å². The second kappa shape index (κ2) is 11.6. The van der Waals surface area contributed by atoms with Crippen LogP contribution in [-0.4, -0.2) is 34.6 Å². The molecule has 9 rings (SSSR count). The molecule has 11 heteroatoms. The van der Waals surface area contributed by atoms with Crippen LogP contribution in [0.5, 0.6) is 5.75 Å². The summed E-state index contributed by atoms with van der Waals surface area (Å²) in [5.41, 5.74) is 3.11. The topological polar surface area (TPSA) is 109 Å². The molecule has 8 nitrogen and oxygen atoms in total.